The highest BCUT2D eigenvalue weighted by Crippen LogP contribution is 2.39. The van der Waals surface area contributed by atoms with Crippen LogP contribution in [0, 0.1) is 0 Å². The monoisotopic (exact) mass is 320 g/mol. The summed E-state index contributed by atoms with van der Waals surface area (Å²) in [6.45, 7) is 16.5. The van der Waals surface area contributed by atoms with E-state index in [4.69, 9.17) is 4.43 Å². The van der Waals surface area contributed by atoms with Gasteiger partial charge in [-0.25, -0.2) is 0 Å². The average Bonchev–Trinajstić information content (AvgIpc) is 2.11. The van der Waals surface area contributed by atoms with E-state index in [1.165, 1.54) is 0 Å². The van der Waals surface area contributed by atoms with Crippen LogP contribution in [-0.2, 0) is 13.8 Å². The molecule has 0 spiro atoms. The molecule has 0 saturated carbocycles. The first-order chi connectivity index (χ1) is 8.78. The molecular weight excluding hydrogens is 287 g/mol. The van der Waals surface area contributed by atoms with Gasteiger partial charge in [0.2, 0.25) is 0 Å². The maximum Gasteiger partial charge on any atom is 0.192 e. The second-order valence-electron chi connectivity index (χ2n) is 7.76. The molecule has 0 radical (unpaired) electrons. The van der Waals surface area contributed by atoms with Crippen LogP contribution in [-0.4, -0.2) is 39.7 Å². The molecular formula is C15H33O3PSi. The van der Waals surface area contributed by atoms with Crippen LogP contribution in [0.25, 0.3) is 0 Å². The zero-order valence-corrected chi connectivity index (χ0v) is 16.5. The van der Waals surface area contributed by atoms with Crippen molar-refractivity contribution < 1.29 is 13.8 Å². The number of hydrogen-bond acceptors (Lipinski definition) is 3. The van der Waals surface area contributed by atoms with Crippen LogP contribution in [0.1, 0.15) is 47.0 Å². The van der Waals surface area contributed by atoms with Crippen molar-refractivity contribution in [1.29, 1.82) is 0 Å². The smallest absolute Gasteiger partial charge is 0.192 e. The molecule has 0 aromatic carbocycles. The summed E-state index contributed by atoms with van der Waals surface area (Å²) in [4.78, 5) is 12.0. The zero-order valence-electron chi connectivity index (χ0n) is 14.6. The van der Waals surface area contributed by atoms with E-state index in [0.29, 0.717) is 6.42 Å². The van der Waals surface area contributed by atoms with E-state index in [2.05, 4.69) is 40.8 Å². The standard InChI is InChI=1S/C15H33O3PSi/c1-9-10-14(11-13(16)12-19(5,6)17)18-20(7,8)15(2,3)4/h14H,9-12H2,1-8H3. The van der Waals surface area contributed by atoms with Crippen LogP contribution in [0.3, 0.4) is 0 Å². The molecule has 0 saturated heterocycles. The number of rotatable bonds is 8. The first-order valence-electron chi connectivity index (χ1n) is 7.52. The summed E-state index contributed by atoms with van der Waals surface area (Å²) in [5.74, 6) is 0.0792. The van der Waals surface area contributed by atoms with Gasteiger partial charge in [-0.05, 0) is 37.9 Å². The molecule has 0 heterocycles. The molecule has 20 heavy (non-hydrogen) atoms. The van der Waals surface area contributed by atoms with Gasteiger partial charge in [-0.2, -0.15) is 0 Å². The first kappa shape index (κ1) is 20.1. The molecule has 5 heteroatoms. The largest absolute Gasteiger partial charge is 0.413 e. The highest BCUT2D eigenvalue weighted by Gasteiger charge is 2.39. The van der Waals surface area contributed by atoms with Gasteiger partial charge in [-0.3, -0.25) is 4.79 Å². The lowest BCUT2D eigenvalue weighted by Crippen LogP contribution is -2.44. The van der Waals surface area contributed by atoms with Gasteiger partial charge in [-0.15, -0.1) is 0 Å². The fourth-order valence-corrected chi connectivity index (χ4v) is 4.23. The summed E-state index contributed by atoms with van der Waals surface area (Å²) in [5.41, 5.74) is 0. The van der Waals surface area contributed by atoms with E-state index < -0.39 is 15.5 Å². The van der Waals surface area contributed by atoms with Crippen molar-refractivity contribution in [3.05, 3.63) is 0 Å². The zero-order chi connectivity index (χ0) is 16.2. The van der Waals surface area contributed by atoms with Gasteiger partial charge in [-0.1, -0.05) is 34.1 Å². The average molecular weight is 320 g/mol. The van der Waals surface area contributed by atoms with Crippen molar-refractivity contribution in [3.8, 4) is 0 Å². The van der Waals surface area contributed by atoms with Gasteiger partial charge >= 0.3 is 0 Å². The van der Waals surface area contributed by atoms with Crippen molar-refractivity contribution in [2.75, 3.05) is 19.5 Å². The number of hydrogen-bond donors (Lipinski definition) is 0. The summed E-state index contributed by atoms with van der Waals surface area (Å²) in [5, 5.41) is 0.146. The van der Waals surface area contributed by atoms with E-state index in [1.54, 1.807) is 13.3 Å². The van der Waals surface area contributed by atoms with E-state index in [-0.39, 0.29) is 23.1 Å². The summed E-state index contributed by atoms with van der Waals surface area (Å²) >= 11 is 0. The third-order valence-electron chi connectivity index (χ3n) is 3.89. The van der Waals surface area contributed by atoms with Gasteiger partial charge in [0.25, 0.3) is 0 Å². The Hall–Kier alpha value is 0.0769. The molecule has 1 unspecified atom stereocenters. The van der Waals surface area contributed by atoms with Crippen molar-refractivity contribution >= 4 is 21.2 Å². The molecule has 0 aromatic heterocycles. The van der Waals surface area contributed by atoms with E-state index in [9.17, 15) is 9.36 Å². The van der Waals surface area contributed by atoms with Crippen LogP contribution in [0.4, 0.5) is 0 Å². The maximum atomic E-state index is 12.0. The SMILES string of the molecule is CCCC(CC(=O)CP(C)(C)=O)O[Si](C)(C)C(C)(C)C. The highest BCUT2D eigenvalue weighted by atomic mass is 31.2. The minimum absolute atomic E-state index is 0.0139. The first-order valence-corrected chi connectivity index (χ1v) is 13.2. The lowest BCUT2D eigenvalue weighted by atomic mass is 10.1. The Balaban J connectivity index is 4.75. The van der Waals surface area contributed by atoms with Crippen molar-refractivity contribution in [2.24, 2.45) is 0 Å². The predicted octanol–water partition coefficient (Wildman–Crippen LogP) is 4.76. The molecule has 0 amide bonds. The Bertz CT molecular complexity index is 366. The number of carbonyl (C=O) groups excluding carboxylic acids is 1. The molecule has 0 aromatic rings. The molecule has 3 nitrogen and oxygen atoms in total. The lowest BCUT2D eigenvalue weighted by Gasteiger charge is -2.39. The van der Waals surface area contributed by atoms with Gasteiger partial charge in [0.15, 0.2) is 8.32 Å². The second-order valence-corrected chi connectivity index (χ2v) is 16.0. The van der Waals surface area contributed by atoms with Crippen LogP contribution in [0.5, 0.6) is 0 Å². The Morgan fingerprint density at radius 2 is 1.75 bits per heavy atom. The van der Waals surface area contributed by atoms with Crippen molar-refractivity contribution in [3.63, 3.8) is 0 Å². The number of ketones is 1. The fourth-order valence-electron chi connectivity index (χ4n) is 1.86. The van der Waals surface area contributed by atoms with Crippen molar-refractivity contribution in [2.45, 2.75) is 71.2 Å². The van der Waals surface area contributed by atoms with Gasteiger partial charge in [0.05, 0.1) is 19.4 Å². The predicted molar refractivity (Wildman–Crippen MR) is 90.9 cm³/mol. The van der Waals surface area contributed by atoms with E-state index in [1.807, 2.05) is 0 Å². The topological polar surface area (TPSA) is 43.4 Å². The molecule has 0 aliphatic heterocycles. The highest BCUT2D eigenvalue weighted by molar-refractivity contribution is 7.63. The van der Waals surface area contributed by atoms with Crippen molar-refractivity contribution in [1.82, 2.24) is 0 Å². The van der Waals surface area contributed by atoms with E-state index >= 15 is 0 Å². The minimum Gasteiger partial charge on any atom is -0.413 e. The Morgan fingerprint density at radius 3 is 2.10 bits per heavy atom. The fraction of sp³-hybridized carbons (Fsp3) is 0.933. The summed E-state index contributed by atoms with van der Waals surface area (Å²) < 4.78 is 18.1. The normalized spacial score (nSPS) is 15.2. The Morgan fingerprint density at radius 1 is 1.25 bits per heavy atom. The molecule has 1 atom stereocenters. The lowest BCUT2D eigenvalue weighted by molar-refractivity contribution is -0.118. The van der Waals surface area contributed by atoms with Gasteiger partial charge in [0, 0.05) is 6.42 Å². The molecule has 0 aliphatic rings. The van der Waals surface area contributed by atoms with Crippen LogP contribution < -0.4 is 0 Å². The summed E-state index contributed by atoms with van der Waals surface area (Å²) in [6, 6.07) is 0. The Labute approximate surface area is 126 Å². The second kappa shape index (κ2) is 7.37. The summed E-state index contributed by atoms with van der Waals surface area (Å²) in [7, 11) is -4.13. The maximum absolute atomic E-state index is 12.0. The van der Waals surface area contributed by atoms with Crippen LogP contribution in [0.2, 0.25) is 18.1 Å². The molecule has 0 fully saturated rings. The molecule has 0 N–H and O–H groups in total. The van der Waals surface area contributed by atoms with Gasteiger partial charge in [0.1, 0.15) is 5.78 Å². The number of Topliss-reactive ketones (excluding diaryl/α,β-unsaturated/α-hetero) is 1. The summed E-state index contributed by atoms with van der Waals surface area (Å²) in [6.07, 6.45) is 2.50. The van der Waals surface area contributed by atoms with Crippen LogP contribution in [0.15, 0.2) is 0 Å². The quantitative estimate of drug-likeness (QED) is 0.478. The molecule has 0 rings (SSSR count). The third kappa shape index (κ3) is 7.75. The third-order valence-corrected chi connectivity index (χ3v) is 9.54. The van der Waals surface area contributed by atoms with E-state index in [0.717, 1.165) is 12.8 Å². The molecule has 0 aliphatic carbocycles. The molecule has 120 valence electrons. The molecule has 0 bridgehead atoms. The Kier molecular flexibility index (Phi) is 7.40. The minimum atomic E-state index is -2.27. The van der Waals surface area contributed by atoms with Gasteiger partial charge < -0.3 is 8.99 Å². The van der Waals surface area contributed by atoms with Crippen LogP contribution >= 0.6 is 7.14 Å². The number of carbonyl (C=O) groups is 1.